The van der Waals surface area contributed by atoms with Crippen LogP contribution in [0.4, 0.5) is 5.69 Å². The number of nitrogens with zero attached hydrogens (tertiary/aromatic N) is 2. The molecule has 1 heterocycles. The fourth-order valence-corrected chi connectivity index (χ4v) is 3.32. The third-order valence-corrected chi connectivity index (χ3v) is 4.97. The number of likely N-dealkylation sites (N-methyl/N-ethyl adjacent to an activating group) is 1. The van der Waals surface area contributed by atoms with Gasteiger partial charge in [-0.25, -0.2) is 0 Å². The Hall–Kier alpha value is -3.02. The van der Waals surface area contributed by atoms with E-state index in [1.165, 1.54) is 35.2 Å². The van der Waals surface area contributed by atoms with E-state index < -0.39 is 0 Å². The summed E-state index contributed by atoms with van der Waals surface area (Å²) in [7, 11) is 3.21. The second-order valence-electron chi connectivity index (χ2n) is 7.23. The number of ether oxygens (including phenoxy) is 1. The van der Waals surface area contributed by atoms with Crippen molar-refractivity contribution in [2.75, 3.05) is 26.0 Å². The van der Waals surface area contributed by atoms with Crippen LogP contribution >= 0.6 is 0 Å². The zero-order valence-electron chi connectivity index (χ0n) is 16.9. The molecule has 1 aromatic carbocycles. The molecule has 3 rings (SSSR count). The number of aryl methyl sites for hydroxylation is 1. The van der Waals surface area contributed by atoms with Crippen molar-refractivity contribution < 1.29 is 14.3 Å². The monoisotopic (exact) mass is 381 g/mol. The fourth-order valence-electron chi connectivity index (χ4n) is 3.32. The first-order chi connectivity index (χ1) is 13.4. The van der Waals surface area contributed by atoms with E-state index >= 15 is 0 Å². The topological polar surface area (TPSA) is 63.6 Å². The van der Waals surface area contributed by atoms with Crippen molar-refractivity contribution >= 4 is 23.6 Å². The Morgan fingerprint density at radius 2 is 1.93 bits per heavy atom. The molecule has 0 spiro atoms. The number of benzene rings is 1. The molecule has 0 radical (unpaired) electrons. The first-order valence-electron chi connectivity index (χ1n) is 9.44. The number of aromatic nitrogens is 1. The summed E-state index contributed by atoms with van der Waals surface area (Å²) in [6.07, 6.45) is 5.82. The average molecular weight is 381 g/mol. The van der Waals surface area contributed by atoms with Crippen molar-refractivity contribution in [3.8, 4) is 5.75 Å². The molecule has 0 unspecified atom stereocenters. The molecular formula is C22H27N3O3. The molecule has 28 heavy (non-hydrogen) atoms. The van der Waals surface area contributed by atoms with Gasteiger partial charge in [0.25, 0.3) is 0 Å². The summed E-state index contributed by atoms with van der Waals surface area (Å²) >= 11 is 0. The second-order valence-corrected chi connectivity index (χ2v) is 7.23. The molecule has 1 fully saturated rings. The predicted molar refractivity (Wildman–Crippen MR) is 110 cm³/mol. The maximum atomic E-state index is 12.4. The van der Waals surface area contributed by atoms with Gasteiger partial charge in [-0.3, -0.25) is 9.59 Å². The van der Waals surface area contributed by atoms with Crippen molar-refractivity contribution in [1.82, 2.24) is 9.47 Å². The number of carbonyl (C=O) groups is 2. The van der Waals surface area contributed by atoms with Crippen LogP contribution in [0.5, 0.6) is 5.75 Å². The standard InChI is InChI=1S/C22H27N3O3/c1-15-13-17(16(2)25(15)19-8-9-19)5-12-22(27)24(3)14-21(26)23-18-6-10-20(28-4)11-7-18/h5-7,10-13,19H,8-9,14H2,1-4H3,(H,23,26)/b12-5+. The molecule has 148 valence electrons. The zero-order chi connectivity index (χ0) is 20.3. The lowest BCUT2D eigenvalue weighted by atomic mass is 10.2. The number of hydrogen-bond donors (Lipinski definition) is 1. The highest BCUT2D eigenvalue weighted by Gasteiger charge is 2.26. The lowest BCUT2D eigenvalue weighted by Gasteiger charge is -2.15. The quantitative estimate of drug-likeness (QED) is 0.746. The summed E-state index contributed by atoms with van der Waals surface area (Å²) in [4.78, 5) is 25.9. The molecule has 0 atom stereocenters. The first kappa shape index (κ1) is 19.7. The highest BCUT2D eigenvalue weighted by molar-refractivity contribution is 5.98. The van der Waals surface area contributed by atoms with Crippen LogP contribution in [-0.4, -0.2) is 42.0 Å². The summed E-state index contributed by atoms with van der Waals surface area (Å²) in [5.74, 6) is 0.263. The van der Waals surface area contributed by atoms with Gasteiger partial charge in [-0.15, -0.1) is 0 Å². The van der Waals surface area contributed by atoms with Gasteiger partial charge in [-0.1, -0.05) is 0 Å². The number of rotatable bonds is 7. The number of anilines is 1. The van der Waals surface area contributed by atoms with Crippen molar-refractivity contribution in [3.05, 3.63) is 53.4 Å². The molecule has 2 amide bonds. The number of nitrogens with one attached hydrogen (secondary N) is 1. The van der Waals surface area contributed by atoms with Gasteiger partial charge < -0.3 is 19.5 Å². The van der Waals surface area contributed by atoms with Gasteiger partial charge in [0.15, 0.2) is 0 Å². The van der Waals surface area contributed by atoms with Gasteiger partial charge in [-0.2, -0.15) is 0 Å². The number of carbonyl (C=O) groups excluding carboxylic acids is 2. The van der Waals surface area contributed by atoms with Crippen LogP contribution in [0, 0.1) is 13.8 Å². The van der Waals surface area contributed by atoms with E-state index in [0.29, 0.717) is 11.7 Å². The maximum absolute atomic E-state index is 12.4. The smallest absolute Gasteiger partial charge is 0.246 e. The fraction of sp³-hybridized carbons (Fsp3) is 0.364. The average Bonchev–Trinajstić information content (AvgIpc) is 3.45. The van der Waals surface area contributed by atoms with Gasteiger partial charge in [0.1, 0.15) is 5.75 Å². The summed E-state index contributed by atoms with van der Waals surface area (Å²) < 4.78 is 7.44. The highest BCUT2D eigenvalue weighted by atomic mass is 16.5. The predicted octanol–water partition coefficient (Wildman–Crippen LogP) is 3.56. The van der Waals surface area contributed by atoms with Gasteiger partial charge >= 0.3 is 0 Å². The summed E-state index contributed by atoms with van der Waals surface area (Å²) in [6, 6.07) is 9.77. The van der Waals surface area contributed by atoms with Crippen LogP contribution in [-0.2, 0) is 9.59 Å². The van der Waals surface area contributed by atoms with E-state index in [-0.39, 0.29) is 18.4 Å². The van der Waals surface area contributed by atoms with E-state index in [0.717, 1.165) is 11.3 Å². The Balaban J connectivity index is 1.55. The number of hydrogen-bond acceptors (Lipinski definition) is 3. The molecule has 0 aliphatic heterocycles. The normalized spacial score (nSPS) is 13.6. The van der Waals surface area contributed by atoms with E-state index in [1.54, 1.807) is 38.4 Å². The van der Waals surface area contributed by atoms with E-state index in [9.17, 15) is 9.59 Å². The zero-order valence-corrected chi connectivity index (χ0v) is 16.9. The van der Waals surface area contributed by atoms with E-state index in [2.05, 4.69) is 29.8 Å². The lowest BCUT2D eigenvalue weighted by Crippen LogP contribution is -2.33. The third-order valence-electron chi connectivity index (χ3n) is 4.97. The Labute approximate surface area is 165 Å². The molecule has 1 aliphatic rings. The van der Waals surface area contributed by atoms with Crippen LogP contribution in [0.3, 0.4) is 0 Å². The highest BCUT2D eigenvalue weighted by Crippen LogP contribution is 2.38. The van der Waals surface area contributed by atoms with Crippen molar-refractivity contribution in [2.24, 2.45) is 0 Å². The molecule has 0 saturated heterocycles. The molecule has 1 aliphatic carbocycles. The van der Waals surface area contributed by atoms with Crippen molar-refractivity contribution in [1.29, 1.82) is 0 Å². The first-order valence-corrected chi connectivity index (χ1v) is 9.44. The maximum Gasteiger partial charge on any atom is 0.246 e. The Morgan fingerprint density at radius 3 is 2.54 bits per heavy atom. The van der Waals surface area contributed by atoms with Crippen molar-refractivity contribution in [2.45, 2.75) is 32.7 Å². The molecule has 1 N–H and O–H groups in total. The summed E-state index contributed by atoms with van der Waals surface area (Å²) in [5.41, 5.74) is 4.12. The van der Waals surface area contributed by atoms with Crippen LogP contribution in [0.1, 0.15) is 35.8 Å². The molecule has 6 nitrogen and oxygen atoms in total. The summed E-state index contributed by atoms with van der Waals surface area (Å²) in [5, 5.41) is 2.78. The minimum absolute atomic E-state index is 0.0176. The minimum atomic E-state index is -0.249. The third kappa shape index (κ3) is 4.63. The van der Waals surface area contributed by atoms with Gasteiger partial charge in [0.2, 0.25) is 11.8 Å². The van der Waals surface area contributed by atoms with Crippen LogP contribution in [0.15, 0.2) is 36.4 Å². The molecule has 1 saturated carbocycles. The van der Waals surface area contributed by atoms with Gasteiger partial charge in [-0.05, 0) is 68.7 Å². The Bertz CT molecular complexity index is 892. The van der Waals surface area contributed by atoms with E-state index in [1.807, 2.05) is 6.08 Å². The molecule has 1 aromatic heterocycles. The Morgan fingerprint density at radius 1 is 1.25 bits per heavy atom. The van der Waals surface area contributed by atoms with Gasteiger partial charge in [0.05, 0.1) is 13.7 Å². The largest absolute Gasteiger partial charge is 0.497 e. The van der Waals surface area contributed by atoms with Crippen LogP contribution < -0.4 is 10.1 Å². The molecule has 6 heteroatoms. The molecule has 2 aromatic rings. The van der Waals surface area contributed by atoms with Gasteiger partial charge in [0, 0.05) is 36.2 Å². The second kappa shape index (κ2) is 8.33. The molecular weight excluding hydrogens is 354 g/mol. The lowest BCUT2D eigenvalue weighted by molar-refractivity contribution is -0.129. The van der Waals surface area contributed by atoms with Crippen LogP contribution in [0.25, 0.3) is 6.08 Å². The van der Waals surface area contributed by atoms with Crippen LogP contribution in [0.2, 0.25) is 0 Å². The SMILES string of the molecule is COc1ccc(NC(=O)CN(C)C(=O)/C=C/c2cc(C)n(C3CC3)c2C)cc1. The Kier molecular flexibility index (Phi) is 5.87. The number of methoxy groups -OCH3 is 1. The van der Waals surface area contributed by atoms with E-state index in [4.69, 9.17) is 4.74 Å². The minimum Gasteiger partial charge on any atom is -0.497 e. The molecule has 0 bridgehead atoms. The number of amides is 2. The van der Waals surface area contributed by atoms with Crippen molar-refractivity contribution in [3.63, 3.8) is 0 Å². The summed E-state index contributed by atoms with van der Waals surface area (Å²) in [6.45, 7) is 4.16.